The highest BCUT2D eigenvalue weighted by atomic mass is 16.5. The van der Waals surface area contributed by atoms with E-state index < -0.39 is 0 Å². The molecule has 110 valence electrons. The van der Waals surface area contributed by atoms with E-state index in [0.29, 0.717) is 6.10 Å². The molecule has 2 aliphatic rings. The van der Waals surface area contributed by atoms with Crippen LogP contribution in [0.3, 0.4) is 0 Å². The van der Waals surface area contributed by atoms with Crippen LogP contribution in [0.1, 0.15) is 25.7 Å². The van der Waals surface area contributed by atoms with Gasteiger partial charge in [0, 0.05) is 18.6 Å². The van der Waals surface area contributed by atoms with Gasteiger partial charge in [-0.2, -0.15) is 0 Å². The molecule has 2 atom stereocenters. The molecule has 3 heteroatoms. The topological polar surface area (TPSA) is 30.5 Å². The van der Waals surface area contributed by atoms with Crippen LogP contribution in [0.5, 0.6) is 5.75 Å². The van der Waals surface area contributed by atoms with E-state index in [1.165, 1.54) is 12.8 Å². The van der Waals surface area contributed by atoms with E-state index in [-0.39, 0.29) is 5.41 Å². The summed E-state index contributed by atoms with van der Waals surface area (Å²) in [6.45, 7) is 2.72. The molecule has 1 saturated carbocycles. The molecule has 1 N–H and O–H groups in total. The Morgan fingerprint density at radius 1 is 1.30 bits per heavy atom. The van der Waals surface area contributed by atoms with Crippen molar-refractivity contribution >= 4 is 0 Å². The van der Waals surface area contributed by atoms with Gasteiger partial charge in [-0.3, -0.25) is 0 Å². The molecule has 1 aromatic carbocycles. The molecule has 1 saturated heterocycles. The summed E-state index contributed by atoms with van der Waals surface area (Å²) < 4.78 is 12.0. The van der Waals surface area contributed by atoms with Crippen LogP contribution in [0, 0.1) is 11.3 Å². The van der Waals surface area contributed by atoms with Crippen LogP contribution in [0.25, 0.3) is 0 Å². The first-order valence-corrected chi connectivity index (χ1v) is 7.78. The number of hydrogen-bond acceptors (Lipinski definition) is 3. The van der Waals surface area contributed by atoms with E-state index in [4.69, 9.17) is 9.47 Å². The third-order valence-corrected chi connectivity index (χ3v) is 4.69. The molecule has 3 nitrogen and oxygen atoms in total. The number of para-hydroxylation sites is 1. The predicted octanol–water partition coefficient (Wildman–Crippen LogP) is 2.86. The molecule has 2 fully saturated rings. The first-order valence-electron chi connectivity index (χ1n) is 7.78. The van der Waals surface area contributed by atoms with Crippen molar-refractivity contribution in [2.45, 2.75) is 31.8 Å². The molecule has 0 radical (unpaired) electrons. The molecule has 3 rings (SSSR count). The van der Waals surface area contributed by atoms with Crippen LogP contribution in [0.15, 0.2) is 30.3 Å². The molecule has 20 heavy (non-hydrogen) atoms. The minimum Gasteiger partial charge on any atom is -0.494 e. The standard InChI is InChI=1S/C17H25NO2/c1-18-13-17(10-12-20-16(17)14-7-8-14)9-11-19-15-5-3-2-4-6-15/h2-6,14,16,18H,7-13H2,1H3. The van der Waals surface area contributed by atoms with Gasteiger partial charge in [-0.05, 0) is 50.8 Å². The van der Waals surface area contributed by atoms with Crippen LogP contribution in [-0.2, 0) is 4.74 Å². The van der Waals surface area contributed by atoms with Gasteiger partial charge < -0.3 is 14.8 Å². The number of nitrogens with one attached hydrogen (secondary N) is 1. The summed E-state index contributed by atoms with van der Waals surface area (Å²) in [4.78, 5) is 0. The van der Waals surface area contributed by atoms with Gasteiger partial charge in [-0.25, -0.2) is 0 Å². The molecule has 0 amide bonds. The lowest BCUT2D eigenvalue weighted by atomic mass is 9.76. The molecular weight excluding hydrogens is 250 g/mol. The van der Waals surface area contributed by atoms with Crippen molar-refractivity contribution in [1.82, 2.24) is 5.32 Å². The van der Waals surface area contributed by atoms with Crippen molar-refractivity contribution in [1.29, 1.82) is 0 Å². The molecule has 0 aromatic heterocycles. The van der Waals surface area contributed by atoms with Crippen molar-refractivity contribution < 1.29 is 9.47 Å². The lowest BCUT2D eigenvalue weighted by molar-refractivity contribution is 0.0211. The zero-order chi connectivity index (χ0) is 13.8. The molecule has 1 aliphatic heterocycles. The second-order valence-corrected chi connectivity index (χ2v) is 6.18. The molecule has 0 bridgehead atoms. The Morgan fingerprint density at radius 3 is 2.80 bits per heavy atom. The molecule has 1 aliphatic carbocycles. The quantitative estimate of drug-likeness (QED) is 0.830. The van der Waals surface area contributed by atoms with E-state index in [0.717, 1.165) is 44.3 Å². The number of benzene rings is 1. The Bertz CT molecular complexity index is 418. The summed E-state index contributed by atoms with van der Waals surface area (Å²) in [6.07, 6.45) is 5.36. The summed E-state index contributed by atoms with van der Waals surface area (Å²) in [6, 6.07) is 10.1. The van der Waals surface area contributed by atoms with Crippen LogP contribution >= 0.6 is 0 Å². The minimum absolute atomic E-state index is 0.269. The fraction of sp³-hybridized carbons (Fsp3) is 0.647. The van der Waals surface area contributed by atoms with Crippen molar-refractivity contribution in [3.63, 3.8) is 0 Å². The average molecular weight is 275 g/mol. The van der Waals surface area contributed by atoms with Crippen LogP contribution in [0.2, 0.25) is 0 Å². The Kier molecular flexibility index (Phi) is 4.27. The Morgan fingerprint density at radius 2 is 2.10 bits per heavy atom. The summed E-state index contributed by atoms with van der Waals surface area (Å²) in [5, 5.41) is 3.38. The lowest BCUT2D eigenvalue weighted by Gasteiger charge is -2.34. The van der Waals surface area contributed by atoms with E-state index in [1.54, 1.807) is 0 Å². The SMILES string of the molecule is CNCC1(CCOc2ccccc2)CCOC1C1CC1. The molecule has 1 heterocycles. The maximum atomic E-state index is 6.05. The predicted molar refractivity (Wildman–Crippen MR) is 80.0 cm³/mol. The smallest absolute Gasteiger partial charge is 0.119 e. The highest BCUT2D eigenvalue weighted by molar-refractivity contribution is 5.20. The highest BCUT2D eigenvalue weighted by Crippen LogP contribution is 2.49. The van der Waals surface area contributed by atoms with Crippen molar-refractivity contribution in [2.75, 3.05) is 26.8 Å². The van der Waals surface area contributed by atoms with Gasteiger partial charge in [0.1, 0.15) is 5.75 Å². The summed E-state index contributed by atoms with van der Waals surface area (Å²) >= 11 is 0. The van der Waals surface area contributed by atoms with Gasteiger partial charge >= 0.3 is 0 Å². The number of ether oxygens (including phenoxy) is 2. The van der Waals surface area contributed by atoms with E-state index in [9.17, 15) is 0 Å². The van der Waals surface area contributed by atoms with Gasteiger partial charge in [0.2, 0.25) is 0 Å². The second-order valence-electron chi connectivity index (χ2n) is 6.18. The fourth-order valence-corrected chi connectivity index (χ4v) is 3.53. The lowest BCUT2D eigenvalue weighted by Crippen LogP contribution is -2.42. The fourth-order valence-electron chi connectivity index (χ4n) is 3.53. The van der Waals surface area contributed by atoms with Crippen molar-refractivity contribution in [3.8, 4) is 5.75 Å². The molecule has 2 unspecified atom stereocenters. The first kappa shape index (κ1) is 13.9. The van der Waals surface area contributed by atoms with Gasteiger partial charge in [0.25, 0.3) is 0 Å². The van der Waals surface area contributed by atoms with E-state index in [1.807, 2.05) is 37.4 Å². The highest BCUT2D eigenvalue weighted by Gasteiger charge is 2.50. The summed E-state index contributed by atoms with van der Waals surface area (Å²) in [7, 11) is 2.04. The zero-order valence-corrected chi connectivity index (χ0v) is 12.3. The maximum Gasteiger partial charge on any atom is 0.119 e. The summed E-state index contributed by atoms with van der Waals surface area (Å²) in [5.74, 6) is 1.76. The van der Waals surface area contributed by atoms with Gasteiger partial charge in [0.05, 0.1) is 12.7 Å². The zero-order valence-electron chi connectivity index (χ0n) is 12.3. The Balaban J connectivity index is 1.59. The number of hydrogen-bond donors (Lipinski definition) is 1. The molecule has 0 spiro atoms. The largest absolute Gasteiger partial charge is 0.494 e. The van der Waals surface area contributed by atoms with Crippen LogP contribution in [-0.4, -0.2) is 32.9 Å². The third kappa shape index (κ3) is 2.99. The Labute approximate surface area is 121 Å². The third-order valence-electron chi connectivity index (χ3n) is 4.69. The summed E-state index contributed by atoms with van der Waals surface area (Å²) in [5.41, 5.74) is 0.269. The van der Waals surface area contributed by atoms with Crippen LogP contribution < -0.4 is 10.1 Å². The average Bonchev–Trinajstić information content (AvgIpc) is 3.23. The normalized spacial score (nSPS) is 29.6. The van der Waals surface area contributed by atoms with Crippen LogP contribution in [0.4, 0.5) is 0 Å². The maximum absolute atomic E-state index is 6.05. The van der Waals surface area contributed by atoms with Crippen molar-refractivity contribution in [3.05, 3.63) is 30.3 Å². The van der Waals surface area contributed by atoms with E-state index >= 15 is 0 Å². The minimum atomic E-state index is 0.269. The first-order chi connectivity index (χ1) is 9.84. The molecule has 1 aromatic rings. The van der Waals surface area contributed by atoms with Gasteiger partial charge in [-0.15, -0.1) is 0 Å². The van der Waals surface area contributed by atoms with Crippen molar-refractivity contribution in [2.24, 2.45) is 11.3 Å². The monoisotopic (exact) mass is 275 g/mol. The Hall–Kier alpha value is -1.06. The van der Waals surface area contributed by atoms with Gasteiger partial charge in [0.15, 0.2) is 0 Å². The van der Waals surface area contributed by atoms with Gasteiger partial charge in [-0.1, -0.05) is 18.2 Å². The molecular formula is C17H25NO2. The second kappa shape index (κ2) is 6.15. The number of rotatable bonds is 7. The van der Waals surface area contributed by atoms with E-state index in [2.05, 4.69) is 5.32 Å².